The Bertz CT molecular complexity index is 1500. The van der Waals surface area contributed by atoms with Crippen LogP contribution in [0.1, 0.15) is 29.4 Å². The Morgan fingerprint density at radius 2 is 2.06 bits per heavy atom. The van der Waals surface area contributed by atoms with Crippen molar-refractivity contribution in [2.45, 2.75) is 32.4 Å². The van der Waals surface area contributed by atoms with Crippen molar-refractivity contribution in [3.63, 3.8) is 0 Å². The fraction of sp³-hybridized carbons (Fsp3) is 0.296. The van der Waals surface area contributed by atoms with Gasteiger partial charge in [0.2, 0.25) is 5.91 Å². The van der Waals surface area contributed by atoms with Crippen LogP contribution in [0.25, 0.3) is 21.8 Å². The summed E-state index contributed by atoms with van der Waals surface area (Å²) in [6.45, 7) is 2.35. The topological polar surface area (TPSA) is 98.8 Å². The maximum atomic E-state index is 14.4. The van der Waals surface area contributed by atoms with E-state index in [0.29, 0.717) is 19.4 Å². The second-order valence-corrected chi connectivity index (χ2v) is 9.13. The molecular formula is C27H27FN4O4. The van der Waals surface area contributed by atoms with E-state index in [0.717, 1.165) is 49.2 Å². The number of halogens is 1. The van der Waals surface area contributed by atoms with E-state index in [2.05, 4.69) is 11.1 Å². The molecule has 0 saturated heterocycles. The molecule has 5 rings (SSSR count). The molecule has 1 aliphatic heterocycles. The van der Waals surface area contributed by atoms with Crippen molar-refractivity contribution in [3.8, 4) is 5.75 Å². The molecule has 186 valence electrons. The van der Waals surface area contributed by atoms with Crippen molar-refractivity contribution in [2.24, 2.45) is 0 Å². The maximum Gasteiger partial charge on any atom is 0.407 e. The van der Waals surface area contributed by atoms with Crippen molar-refractivity contribution in [1.82, 2.24) is 19.8 Å². The standard InChI is InChI=1S/C27H27FN4O4/c1-15(31(2)27(34)35)26(33)32-11-10-18-22(14-32)29-21(13-16-8-9-23(36-3)19(28)12-16)25-24(18)17-6-4-5-7-20(17)30-25/h4-9,12,15,30H,10-11,13-14H2,1-3H3,(H,34,35)/t15-/m0/s1. The summed E-state index contributed by atoms with van der Waals surface area (Å²) in [6, 6.07) is 12.1. The predicted octanol–water partition coefficient (Wildman–Crippen LogP) is 4.34. The zero-order valence-corrected chi connectivity index (χ0v) is 20.3. The smallest absolute Gasteiger partial charge is 0.407 e. The molecule has 3 heterocycles. The third kappa shape index (κ3) is 4.00. The molecule has 36 heavy (non-hydrogen) atoms. The van der Waals surface area contributed by atoms with E-state index >= 15 is 0 Å². The first-order chi connectivity index (χ1) is 17.3. The fourth-order valence-electron chi connectivity index (χ4n) is 4.93. The summed E-state index contributed by atoms with van der Waals surface area (Å²) in [5.74, 6) is -0.512. The maximum absolute atomic E-state index is 14.4. The van der Waals surface area contributed by atoms with Gasteiger partial charge >= 0.3 is 6.09 Å². The Labute approximate surface area is 207 Å². The predicted molar refractivity (Wildman–Crippen MR) is 134 cm³/mol. The molecule has 0 saturated carbocycles. The van der Waals surface area contributed by atoms with Crippen LogP contribution in [-0.2, 0) is 24.2 Å². The number of carboxylic acid groups (broad SMARTS) is 1. The second-order valence-electron chi connectivity index (χ2n) is 9.13. The number of aromatic amines is 1. The van der Waals surface area contributed by atoms with Gasteiger partial charge in [-0.3, -0.25) is 14.7 Å². The Morgan fingerprint density at radius 1 is 1.28 bits per heavy atom. The van der Waals surface area contributed by atoms with Gasteiger partial charge in [0.05, 0.1) is 30.6 Å². The number of methoxy groups -OCH3 is 1. The van der Waals surface area contributed by atoms with Gasteiger partial charge in [0.25, 0.3) is 0 Å². The van der Waals surface area contributed by atoms with E-state index in [-0.39, 0.29) is 18.2 Å². The molecular weight excluding hydrogens is 463 g/mol. The number of amides is 2. The van der Waals surface area contributed by atoms with Gasteiger partial charge in [-0.1, -0.05) is 24.3 Å². The number of H-pyrrole nitrogens is 1. The molecule has 0 radical (unpaired) electrons. The van der Waals surface area contributed by atoms with Crippen LogP contribution in [-0.4, -0.2) is 63.6 Å². The molecule has 1 aliphatic rings. The highest BCUT2D eigenvalue weighted by atomic mass is 19.1. The average molecular weight is 491 g/mol. The summed E-state index contributed by atoms with van der Waals surface area (Å²) in [6.07, 6.45) is -0.155. The highest BCUT2D eigenvalue weighted by Crippen LogP contribution is 2.35. The molecule has 0 bridgehead atoms. The van der Waals surface area contributed by atoms with E-state index in [1.807, 2.05) is 24.3 Å². The summed E-state index contributed by atoms with van der Waals surface area (Å²) in [7, 11) is 2.82. The molecule has 0 unspecified atom stereocenters. The SMILES string of the molecule is COc1ccc(Cc2nc3c(c4c2[nH]c2ccccc24)CCN(C(=O)[C@H](C)N(C)C(=O)O)C3)cc1F. The number of ether oxygens (including phenoxy) is 1. The van der Waals surface area contributed by atoms with Gasteiger partial charge in [-0.2, -0.15) is 0 Å². The number of benzene rings is 2. The molecule has 0 spiro atoms. The minimum Gasteiger partial charge on any atom is -0.494 e. The monoisotopic (exact) mass is 490 g/mol. The molecule has 2 amide bonds. The highest BCUT2D eigenvalue weighted by Gasteiger charge is 2.31. The first-order valence-electron chi connectivity index (χ1n) is 11.8. The minimum absolute atomic E-state index is 0.183. The van der Waals surface area contributed by atoms with E-state index < -0.39 is 18.0 Å². The number of rotatable bonds is 5. The lowest BCUT2D eigenvalue weighted by molar-refractivity contribution is -0.136. The number of hydrogen-bond acceptors (Lipinski definition) is 4. The number of aromatic nitrogens is 2. The number of likely N-dealkylation sites (N-methyl/N-ethyl adjacent to an activating group) is 1. The minimum atomic E-state index is -1.15. The molecule has 2 aromatic heterocycles. The van der Waals surface area contributed by atoms with E-state index in [4.69, 9.17) is 9.72 Å². The number of nitrogens with one attached hydrogen (secondary N) is 1. The van der Waals surface area contributed by atoms with Crippen LogP contribution >= 0.6 is 0 Å². The van der Waals surface area contributed by atoms with Crippen LogP contribution in [0.3, 0.4) is 0 Å². The Kier molecular flexibility index (Phi) is 5.99. The van der Waals surface area contributed by atoms with Crippen LogP contribution in [0.15, 0.2) is 42.5 Å². The zero-order valence-electron chi connectivity index (χ0n) is 20.3. The quantitative estimate of drug-likeness (QED) is 0.434. The van der Waals surface area contributed by atoms with Gasteiger partial charge in [-0.05, 0) is 42.7 Å². The van der Waals surface area contributed by atoms with Gasteiger partial charge in [0, 0.05) is 36.3 Å². The number of pyridine rings is 1. The lowest BCUT2D eigenvalue weighted by atomic mass is 9.96. The van der Waals surface area contributed by atoms with Gasteiger partial charge < -0.3 is 19.7 Å². The van der Waals surface area contributed by atoms with Crippen LogP contribution in [0.4, 0.5) is 9.18 Å². The van der Waals surface area contributed by atoms with Crippen LogP contribution in [0.2, 0.25) is 0 Å². The lowest BCUT2D eigenvalue weighted by Gasteiger charge is -2.33. The molecule has 4 aromatic rings. The molecule has 0 fully saturated rings. The van der Waals surface area contributed by atoms with Crippen molar-refractivity contribution in [3.05, 3.63) is 70.8 Å². The molecule has 9 heteroatoms. The van der Waals surface area contributed by atoms with Crippen molar-refractivity contribution >= 4 is 33.8 Å². The van der Waals surface area contributed by atoms with Gasteiger partial charge in [0.1, 0.15) is 6.04 Å². The largest absolute Gasteiger partial charge is 0.494 e. The first kappa shape index (κ1) is 23.6. The van der Waals surface area contributed by atoms with E-state index in [9.17, 15) is 19.1 Å². The Hall–Kier alpha value is -4.14. The summed E-state index contributed by atoms with van der Waals surface area (Å²) < 4.78 is 19.4. The molecule has 2 aromatic carbocycles. The van der Waals surface area contributed by atoms with Gasteiger partial charge in [-0.15, -0.1) is 0 Å². The normalized spacial score (nSPS) is 14.1. The summed E-state index contributed by atoms with van der Waals surface area (Å²) >= 11 is 0. The summed E-state index contributed by atoms with van der Waals surface area (Å²) in [5, 5.41) is 11.4. The second kappa shape index (κ2) is 9.14. The Morgan fingerprint density at radius 3 is 2.78 bits per heavy atom. The summed E-state index contributed by atoms with van der Waals surface area (Å²) in [4.78, 5) is 35.6. The van der Waals surface area contributed by atoms with E-state index in [1.54, 1.807) is 17.9 Å². The molecule has 2 N–H and O–H groups in total. The van der Waals surface area contributed by atoms with Crippen LogP contribution in [0.5, 0.6) is 5.75 Å². The molecule has 1 atom stereocenters. The van der Waals surface area contributed by atoms with Crippen molar-refractivity contribution in [2.75, 3.05) is 20.7 Å². The third-order valence-electron chi connectivity index (χ3n) is 7.03. The van der Waals surface area contributed by atoms with Crippen LogP contribution in [0, 0.1) is 5.82 Å². The van der Waals surface area contributed by atoms with Gasteiger partial charge in [0.15, 0.2) is 11.6 Å². The average Bonchev–Trinajstić information content (AvgIpc) is 3.27. The number of nitrogens with zero attached hydrogens (tertiary/aromatic N) is 3. The lowest BCUT2D eigenvalue weighted by Crippen LogP contribution is -2.48. The highest BCUT2D eigenvalue weighted by molar-refractivity contribution is 6.10. The number of hydrogen-bond donors (Lipinski definition) is 2. The Balaban J connectivity index is 1.58. The number of carbonyl (C=O) groups is 2. The van der Waals surface area contributed by atoms with Crippen LogP contribution < -0.4 is 4.74 Å². The number of carbonyl (C=O) groups excluding carboxylic acids is 1. The fourth-order valence-corrected chi connectivity index (χ4v) is 4.93. The molecule has 8 nitrogen and oxygen atoms in total. The van der Waals surface area contributed by atoms with Gasteiger partial charge in [-0.25, -0.2) is 9.18 Å². The zero-order chi connectivity index (χ0) is 25.6. The summed E-state index contributed by atoms with van der Waals surface area (Å²) in [5.41, 5.74) is 5.26. The number of fused-ring (bicyclic) bond motifs is 5. The van der Waals surface area contributed by atoms with E-state index in [1.165, 1.54) is 20.2 Å². The molecule has 0 aliphatic carbocycles. The first-order valence-corrected chi connectivity index (χ1v) is 11.8. The number of para-hydroxylation sites is 1. The van der Waals surface area contributed by atoms with Crippen molar-refractivity contribution in [1.29, 1.82) is 0 Å². The van der Waals surface area contributed by atoms with Crippen molar-refractivity contribution < 1.29 is 23.8 Å². The third-order valence-corrected chi connectivity index (χ3v) is 7.03.